The zero-order chi connectivity index (χ0) is 15.4. The molecule has 0 fully saturated rings. The minimum atomic E-state index is -0.541. The molecule has 0 saturated heterocycles. The predicted octanol–water partition coefficient (Wildman–Crippen LogP) is 3.68. The molecule has 2 aromatic rings. The molecule has 21 heavy (non-hydrogen) atoms. The predicted molar refractivity (Wildman–Crippen MR) is 79.5 cm³/mol. The van der Waals surface area contributed by atoms with Crippen molar-refractivity contribution in [3.63, 3.8) is 0 Å². The van der Waals surface area contributed by atoms with Gasteiger partial charge in [-0.05, 0) is 34.1 Å². The van der Waals surface area contributed by atoms with E-state index in [1.54, 1.807) is 6.07 Å². The van der Waals surface area contributed by atoms with Crippen LogP contribution in [0.15, 0.2) is 46.9 Å². The van der Waals surface area contributed by atoms with Crippen LogP contribution in [0.25, 0.3) is 0 Å². The Morgan fingerprint density at radius 2 is 2.00 bits per heavy atom. The Morgan fingerprint density at radius 1 is 1.29 bits per heavy atom. The van der Waals surface area contributed by atoms with E-state index >= 15 is 0 Å². The molecule has 0 unspecified atom stereocenters. The minimum Gasteiger partial charge on any atom is -0.325 e. The van der Waals surface area contributed by atoms with Gasteiger partial charge in [0.15, 0.2) is 0 Å². The first-order valence-electron chi connectivity index (χ1n) is 5.94. The summed E-state index contributed by atoms with van der Waals surface area (Å²) in [7, 11) is 0. The average Bonchev–Trinajstić information content (AvgIpc) is 2.43. The van der Waals surface area contributed by atoms with Gasteiger partial charge in [-0.3, -0.25) is 14.9 Å². The number of carbonyl (C=O) groups is 1. The fourth-order valence-electron chi connectivity index (χ4n) is 1.80. The lowest BCUT2D eigenvalue weighted by Crippen LogP contribution is -2.15. The van der Waals surface area contributed by atoms with E-state index in [9.17, 15) is 19.3 Å². The maximum absolute atomic E-state index is 13.1. The molecule has 1 N–H and O–H groups in total. The normalized spacial score (nSPS) is 10.2. The second-order valence-electron chi connectivity index (χ2n) is 4.23. The number of nitro groups is 1. The molecular formula is C14H10BrFN2O3. The van der Waals surface area contributed by atoms with Crippen molar-refractivity contribution in [1.82, 2.24) is 0 Å². The van der Waals surface area contributed by atoms with Gasteiger partial charge in [-0.15, -0.1) is 0 Å². The molecule has 2 rings (SSSR count). The molecule has 108 valence electrons. The Kier molecular flexibility index (Phi) is 4.64. The molecule has 0 spiro atoms. The standard InChI is InChI=1S/C14H10BrFN2O3/c15-11-6-5-10(16)8-12(11)17-14(19)7-9-3-1-2-4-13(9)18(20)21/h1-6,8H,7H2,(H,17,19). The largest absolute Gasteiger partial charge is 0.325 e. The topological polar surface area (TPSA) is 72.2 Å². The molecule has 0 aliphatic carbocycles. The Labute approximate surface area is 128 Å². The molecule has 0 atom stereocenters. The van der Waals surface area contributed by atoms with Gasteiger partial charge in [0.25, 0.3) is 5.69 Å². The highest BCUT2D eigenvalue weighted by molar-refractivity contribution is 9.10. The van der Waals surface area contributed by atoms with Crippen LogP contribution in [0.2, 0.25) is 0 Å². The van der Waals surface area contributed by atoms with Crippen molar-refractivity contribution < 1.29 is 14.1 Å². The van der Waals surface area contributed by atoms with E-state index in [0.717, 1.165) is 0 Å². The zero-order valence-electron chi connectivity index (χ0n) is 10.7. The van der Waals surface area contributed by atoms with Crippen molar-refractivity contribution in [2.45, 2.75) is 6.42 Å². The van der Waals surface area contributed by atoms with Gasteiger partial charge in [-0.2, -0.15) is 0 Å². The van der Waals surface area contributed by atoms with Crippen molar-refractivity contribution in [3.05, 3.63) is 68.4 Å². The van der Waals surface area contributed by atoms with Crippen LogP contribution in [0.5, 0.6) is 0 Å². The third-order valence-electron chi connectivity index (χ3n) is 2.74. The summed E-state index contributed by atoms with van der Waals surface area (Å²) in [5.74, 6) is -0.949. The molecule has 2 aromatic carbocycles. The van der Waals surface area contributed by atoms with Crippen molar-refractivity contribution in [2.75, 3.05) is 5.32 Å². The molecule has 0 heterocycles. The van der Waals surface area contributed by atoms with E-state index in [2.05, 4.69) is 21.2 Å². The molecule has 0 aromatic heterocycles. The van der Waals surface area contributed by atoms with E-state index < -0.39 is 16.6 Å². The number of carbonyl (C=O) groups excluding carboxylic acids is 1. The summed E-state index contributed by atoms with van der Waals surface area (Å²) in [6, 6.07) is 9.88. The number of nitrogens with zero attached hydrogens (tertiary/aromatic N) is 1. The van der Waals surface area contributed by atoms with Crippen LogP contribution in [0.4, 0.5) is 15.8 Å². The summed E-state index contributed by atoms with van der Waals surface area (Å²) in [6.45, 7) is 0. The van der Waals surface area contributed by atoms with Crippen LogP contribution < -0.4 is 5.32 Å². The zero-order valence-corrected chi connectivity index (χ0v) is 12.3. The fraction of sp³-hybridized carbons (Fsp3) is 0.0714. The number of para-hydroxylation sites is 1. The van der Waals surface area contributed by atoms with E-state index in [1.165, 1.54) is 36.4 Å². The minimum absolute atomic E-state index is 0.119. The van der Waals surface area contributed by atoms with E-state index in [4.69, 9.17) is 0 Å². The van der Waals surface area contributed by atoms with Gasteiger partial charge in [0.1, 0.15) is 5.82 Å². The Balaban J connectivity index is 2.16. The SMILES string of the molecule is O=C(Cc1ccccc1[N+](=O)[O-])Nc1cc(F)ccc1Br. The van der Waals surface area contributed by atoms with Gasteiger partial charge < -0.3 is 5.32 Å². The number of anilines is 1. The molecule has 1 amide bonds. The highest BCUT2D eigenvalue weighted by Gasteiger charge is 2.16. The first kappa shape index (κ1) is 15.1. The van der Waals surface area contributed by atoms with E-state index in [-0.39, 0.29) is 17.8 Å². The maximum atomic E-state index is 13.1. The lowest BCUT2D eigenvalue weighted by molar-refractivity contribution is -0.385. The van der Waals surface area contributed by atoms with Crippen molar-refractivity contribution in [1.29, 1.82) is 0 Å². The number of hydrogen-bond donors (Lipinski definition) is 1. The van der Waals surface area contributed by atoms with Gasteiger partial charge in [-0.1, -0.05) is 18.2 Å². The molecule has 7 heteroatoms. The Hall–Kier alpha value is -2.28. The molecule has 0 saturated carbocycles. The molecular weight excluding hydrogens is 343 g/mol. The lowest BCUT2D eigenvalue weighted by Gasteiger charge is -2.08. The van der Waals surface area contributed by atoms with Gasteiger partial charge in [0, 0.05) is 16.1 Å². The number of hydrogen-bond acceptors (Lipinski definition) is 3. The van der Waals surface area contributed by atoms with Crippen LogP contribution in [0, 0.1) is 15.9 Å². The van der Waals surface area contributed by atoms with Gasteiger partial charge in [-0.25, -0.2) is 4.39 Å². The quantitative estimate of drug-likeness (QED) is 0.673. The summed E-state index contributed by atoms with van der Waals surface area (Å²) in [5.41, 5.74) is 0.456. The third kappa shape index (κ3) is 3.85. The first-order chi connectivity index (χ1) is 9.97. The smallest absolute Gasteiger partial charge is 0.273 e. The summed E-state index contributed by atoms with van der Waals surface area (Å²) in [5, 5.41) is 13.4. The van der Waals surface area contributed by atoms with E-state index in [1.807, 2.05) is 0 Å². The van der Waals surface area contributed by atoms with Gasteiger partial charge in [0.2, 0.25) is 5.91 Å². The molecule has 0 aliphatic heterocycles. The van der Waals surface area contributed by atoms with Crippen LogP contribution in [-0.2, 0) is 11.2 Å². The van der Waals surface area contributed by atoms with Gasteiger partial charge in [0.05, 0.1) is 17.0 Å². The van der Waals surface area contributed by atoms with E-state index in [0.29, 0.717) is 10.0 Å². The van der Waals surface area contributed by atoms with Crippen LogP contribution in [-0.4, -0.2) is 10.8 Å². The molecule has 0 radical (unpaired) electrons. The number of amides is 1. The van der Waals surface area contributed by atoms with Crippen molar-refractivity contribution in [2.24, 2.45) is 0 Å². The van der Waals surface area contributed by atoms with Crippen LogP contribution in [0.1, 0.15) is 5.56 Å². The monoisotopic (exact) mass is 352 g/mol. The third-order valence-corrected chi connectivity index (χ3v) is 3.43. The summed E-state index contributed by atoms with van der Waals surface area (Å²) >= 11 is 3.19. The number of halogens is 2. The van der Waals surface area contributed by atoms with Gasteiger partial charge >= 0.3 is 0 Å². The number of nitrogens with one attached hydrogen (secondary N) is 1. The molecule has 5 nitrogen and oxygen atoms in total. The van der Waals surface area contributed by atoms with Crippen LogP contribution in [0.3, 0.4) is 0 Å². The summed E-state index contributed by atoms with van der Waals surface area (Å²) in [6.07, 6.45) is -0.167. The second-order valence-corrected chi connectivity index (χ2v) is 5.09. The highest BCUT2D eigenvalue weighted by atomic mass is 79.9. The average molecular weight is 353 g/mol. The maximum Gasteiger partial charge on any atom is 0.273 e. The van der Waals surface area contributed by atoms with Crippen molar-refractivity contribution >= 4 is 33.2 Å². The fourth-order valence-corrected chi connectivity index (χ4v) is 2.14. The number of rotatable bonds is 4. The molecule has 0 aliphatic rings. The summed E-state index contributed by atoms with van der Waals surface area (Å²) < 4.78 is 13.7. The lowest BCUT2D eigenvalue weighted by atomic mass is 10.1. The first-order valence-corrected chi connectivity index (χ1v) is 6.74. The second kappa shape index (κ2) is 6.45. The highest BCUT2D eigenvalue weighted by Crippen LogP contribution is 2.24. The number of benzene rings is 2. The number of nitro benzene ring substituents is 1. The molecule has 0 bridgehead atoms. The Bertz CT molecular complexity index is 706. The van der Waals surface area contributed by atoms with Crippen LogP contribution >= 0.6 is 15.9 Å². The summed E-state index contributed by atoms with van der Waals surface area (Å²) in [4.78, 5) is 22.3. The Morgan fingerprint density at radius 3 is 2.71 bits per heavy atom. The van der Waals surface area contributed by atoms with Crippen molar-refractivity contribution in [3.8, 4) is 0 Å².